The second kappa shape index (κ2) is 63.3. The molecule has 0 aromatic heterocycles. The van der Waals surface area contributed by atoms with Crippen LogP contribution in [-0.4, -0.2) is 37.2 Å². The van der Waals surface area contributed by atoms with Crippen molar-refractivity contribution in [2.45, 2.75) is 290 Å². The van der Waals surface area contributed by atoms with Gasteiger partial charge in [-0.1, -0.05) is 277 Å². The van der Waals surface area contributed by atoms with Gasteiger partial charge in [-0.05, 0) is 109 Å². The lowest BCUT2D eigenvalue weighted by molar-refractivity contribution is -0.167. The van der Waals surface area contributed by atoms with Crippen molar-refractivity contribution in [2.24, 2.45) is 0 Å². The first-order valence-corrected chi connectivity index (χ1v) is 31.5. The standard InChI is InChI=1S/C70H116O6/c1-4-7-10-13-16-19-22-25-28-30-31-32-33-34-35-36-37-38-39-41-42-45-48-51-54-57-60-63-69(72)75-66-67(65-74-68(71)62-59-56-53-50-47-44-27-24-21-18-15-12-9-6-3)76-70(73)64-61-58-55-52-49-46-43-40-29-26-23-20-17-14-11-8-5-2/h7-8,10-11,16-17,19-20,25-26,28-29,31-32,34-35,37-38,41-42,67H,4-6,9,12-15,18,21-24,27,30,33,36,39-40,43-66H2,1-3H3/b10-7-,11-8-,19-16-,20-17-,28-25-,29-26-,32-31-,35-34-,38-37-,42-41-. The number of hydrogen-bond acceptors (Lipinski definition) is 6. The van der Waals surface area contributed by atoms with Crippen LogP contribution in [0.1, 0.15) is 284 Å². The van der Waals surface area contributed by atoms with Crippen LogP contribution in [-0.2, 0) is 28.6 Å². The van der Waals surface area contributed by atoms with Gasteiger partial charge in [0.25, 0.3) is 0 Å². The van der Waals surface area contributed by atoms with Crippen LogP contribution in [0.5, 0.6) is 0 Å². The third-order valence-corrected chi connectivity index (χ3v) is 13.2. The number of rotatable bonds is 56. The van der Waals surface area contributed by atoms with Crippen LogP contribution in [0, 0.1) is 0 Å². The molecule has 76 heavy (non-hydrogen) atoms. The molecule has 432 valence electrons. The lowest BCUT2D eigenvalue weighted by Crippen LogP contribution is -2.30. The summed E-state index contributed by atoms with van der Waals surface area (Å²) in [6.07, 6.45) is 87.6. The number of hydrogen-bond donors (Lipinski definition) is 0. The molecule has 0 amide bonds. The van der Waals surface area contributed by atoms with E-state index in [1.54, 1.807) is 0 Å². The van der Waals surface area contributed by atoms with E-state index < -0.39 is 6.10 Å². The molecular weight excluding hydrogens is 937 g/mol. The molecule has 6 heteroatoms. The molecule has 0 bridgehead atoms. The lowest BCUT2D eigenvalue weighted by atomic mass is 10.0. The Balaban J connectivity index is 4.40. The first kappa shape index (κ1) is 71.8. The highest BCUT2D eigenvalue weighted by atomic mass is 16.6. The molecule has 0 radical (unpaired) electrons. The third-order valence-electron chi connectivity index (χ3n) is 13.2. The normalized spacial score (nSPS) is 12.9. The minimum absolute atomic E-state index is 0.0885. The largest absolute Gasteiger partial charge is 0.462 e. The molecule has 0 saturated carbocycles. The Kier molecular flexibility index (Phi) is 59.9. The van der Waals surface area contributed by atoms with Gasteiger partial charge in [-0.15, -0.1) is 0 Å². The topological polar surface area (TPSA) is 78.9 Å². The SMILES string of the molecule is CC/C=C\C/C=C\C/C=C\C/C=C\C/C=C\C/C=C\C/C=C\CCCCCCCC(=O)OCC(COC(=O)CCCCCCCCCCCCCCCC)OC(=O)CCCCCCCCC/C=C\C/C=C\C/C=C\CC. The summed E-state index contributed by atoms with van der Waals surface area (Å²) in [4.78, 5) is 38.3. The molecule has 0 fully saturated rings. The van der Waals surface area contributed by atoms with E-state index in [1.165, 1.54) is 96.3 Å². The minimum atomic E-state index is -0.794. The van der Waals surface area contributed by atoms with Crippen LogP contribution < -0.4 is 0 Å². The molecule has 0 saturated heterocycles. The average Bonchev–Trinajstić information content (AvgIpc) is 3.42. The fourth-order valence-electron chi connectivity index (χ4n) is 8.56. The van der Waals surface area contributed by atoms with Gasteiger partial charge in [-0.2, -0.15) is 0 Å². The summed E-state index contributed by atoms with van der Waals surface area (Å²) < 4.78 is 16.9. The van der Waals surface area contributed by atoms with Gasteiger partial charge < -0.3 is 14.2 Å². The summed E-state index contributed by atoms with van der Waals surface area (Å²) in [6, 6.07) is 0. The summed E-state index contributed by atoms with van der Waals surface area (Å²) in [5, 5.41) is 0. The van der Waals surface area contributed by atoms with Crippen LogP contribution in [0.2, 0.25) is 0 Å². The van der Waals surface area contributed by atoms with Crippen molar-refractivity contribution >= 4 is 17.9 Å². The van der Waals surface area contributed by atoms with Gasteiger partial charge >= 0.3 is 17.9 Å². The molecule has 0 aliphatic heterocycles. The summed E-state index contributed by atoms with van der Waals surface area (Å²) in [5.41, 5.74) is 0. The zero-order valence-electron chi connectivity index (χ0n) is 49.5. The Bertz CT molecular complexity index is 1590. The molecular formula is C70H116O6. The molecule has 6 nitrogen and oxygen atoms in total. The van der Waals surface area contributed by atoms with Crippen LogP contribution in [0.15, 0.2) is 122 Å². The van der Waals surface area contributed by atoms with Crippen molar-refractivity contribution in [1.82, 2.24) is 0 Å². The molecule has 1 unspecified atom stereocenters. The summed E-state index contributed by atoms with van der Waals surface area (Å²) in [6.45, 7) is 6.41. The van der Waals surface area contributed by atoms with Gasteiger partial charge in [0.1, 0.15) is 13.2 Å². The van der Waals surface area contributed by atoms with Crippen LogP contribution in [0.3, 0.4) is 0 Å². The van der Waals surface area contributed by atoms with E-state index in [2.05, 4.69) is 142 Å². The van der Waals surface area contributed by atoms with Gasteiger partial charge in [0.05, 0.1) is 0 Å². The van der Waals surface area contributed by atoms with Gasteiger partial charge in [0.2, 0.25) is 0 Å². The number of carbonyl (C=O) groups is 3. The summed E-state index contributed by atoms with van der Waals surface area (Å²) in [5.74, 6) is -0.913. The Labute approximate surface area is 469 Å². The second-order valence-corrected chi connectivity index (χ2v) is 20.6. The highest BCUT2D eigenvalue weighted by Crippen LogP contribution is 2.16. The fraction of sp³-hybridized carbons (Fsp3) is 0.671. The van der Waals surface area contributed by atoms with Crippen LogP contribution in [0.25, 0.3) is 0 Å². The monoisotopic (exact) mass is 1050 g/mol. The van der Waals surface area contributed by atoms with Crippen molar-refractivity contribution in [3.8, 4) is 0 Å². The van der Waals surface area contributed by atoms with E-state index in [4.69, 9.17) is 14.2 Å². The number of carbonyl (C=O) groups excluding carboxylic acids is 3. The number of unbranched alkanes of at least 4 members (excludes halogenated alkanes) is 25. The molecule has 0 spiro atoms. The van der Waals surface area contributed by atoms with Crippen LogP contribution in [0.4, 0.5) is 0 Å². The average molecular weight is 1050 g/mol. The maximum absolute atomic E-state index is 12.9. The Morgan fingerprint density at radius 2 is 0.513 bits per heavy atom. The van der Waals surface area contributed by atoms with Gasteiger partial charge in [-0.3, -0.25) is 14.4 Å². The van der Waals surface area contributed by atoms with E-state index in [-0.39, 0.29) is 31.1 Å². The number of ether oxygens (including phenoxy) is 3. The zero-order valence-corrected chi connectivity index (χ0v) is 49.5. The number of esters is 3. The van der Waals surface area contributed by atoms with Crippen molar-refractivity contribution in [1.29, 1.82) is 0 Å². The minimum Gasteiger partial charge on any atom is -0.462 e. The predicted molar refractivity (Wildman–Crippen MR) is 330 cm³/mol. The van der Waals surface area contributed by atoms with E-state index in [1.807, 2.05) is 0 Å². The highest BCUT2D eigenvalue weighted by molar-refractivity contribution is 5.71. The predicted octanol–water partition coefficient (Wildman–Crippen LogP) is 21.6. The van der Waals surface area contributed by atoms with E-state index in [0.717, 1.165) is 148 Å². The Morgan fingerprint density at radius 3 is 0.803 bits per heavy atom. The third kappa shape index (κ3) is 60.7. The first-order chi connectivity index (χ1) is 37.5. The van der Waals surface area contributed by atoms with E-state index in [9.17, 15) is 14.4 Å². The quantitative estimate of drug-likeness (QED) is 0.0261. The second-order valence-electron chi connectivity index (χ2n) is 20.6. The molecule has 0 aliphatic rings. The van der Waals surface area contributed by atoms with Gasteiger partial charge in [0.15, 0.2) is 6.10 Å². The van der Waals surface area contributed by atoms with E-state index >= 15 is 0 Å². The Hall–Kier alpha value is -4.19. The van der Waals surface area contributed by atoms with E-state index in [0.29, 0.717) is 19.3 Å². The fourth-order valence-corrected chi connectivity index (χ4v) is 8.56. The summed E-state index contributed by atoms with van der Waals surface area (Å²) >= 11 is 0. The van der Waals surface area contributed by atoms with Gasteiger partial charge in [0, 0.05) is 19.3 Å². The number of allylic oxidation sites excluding steroid dienone is 20. The molecule has 0 heterocycles. The van der Waals surface area contributed by atoms with Crippen molar-refractivity contribution in [3.05, 3.63) is 122 Å². The zero-order chi connectivity index (χ0) is 55.0. The first-order valence-electron chi connectivity index (χ1n) is 31.5. The van der Waals surface area contributed by atoms with Crippen molar-refractivity contribution in [3.63, 3.8) is 0 Å². The maximum atomic E-state index is 12.9. The highest BCUT2D eigenvalue weighted by Gasteiger charge is 2.19. The van der Waals surface area contributed by atoms with Crippen molar-refractivity contribution < 1.29 is 28.6 Å². The summed E-state index contributed by atoms with van der Waals surface area (Å²) in [7, 11) is 0. The maximum Gasteiger partial charge on any atom is 0.306 e. The Morgan fingerprint density at radius 1 is 0.276 bits per heavy atom. The lowest BCUT2D eigenvalue weighted by Gasteiger charge is -2.18. The molecule has 1 atom stereocenters. The van der Waals surface area contributed by atoms with Crippen molar-refractivity contribution in [2.75, 3.05) is 13.2 Å². The molecule has 0 aromatic rings. The molecule has 0 N–H and O–H groups in total. The molecule has 0 rings (SSSR count). The smallest absolute Gasteiger partial charge is 0.306 e. The van der Waals surface area contributed by atoms with Crippen LogP contribution >= 0.6 is 0 Å². The molecule has 0 aliphatic carbocycles. The molecule has 0 aromatic carbocycles. The van der Waals surface area contributed by atoms with Gasteiger partial charge in [-0.25, -0.2) is 0 Å².